The van der Waals surface area contributed by atoms with Gasteiger partial charge in [-0.15, -0.1) is 11.8 Å². The van der Waals surface area contributed by atoms with Crippen LogP contribution in [0.3, 0.4) is 0 Å². The van der Waals surface area contributed by atoms with Gasteiger partial charge in [0.25, 0.3) is 0 Å². The third-order valence-corrected chi connectivity index (χ3v) is 4.18. The molecule has 0 bridgehead atoms. The van der Waals surface area contributed by atoms with Crippen LogP contribution in [-0.4, -0.2) is 22.8 Å². The number of halogens is 1. The van der Waals surface area contributed by atoms with Crippen LogP contribution in [0.2, 0.25) is 5.02 Å². The van der Waals surface area contributed by atoms with Crippen LogP contribution in [0.5, 0.6) is 0 Å². The fraction of sp³-hybridized carbons (Fsp3) is 0.231. The smallest absolute Gasteiger partial charge is 0.115 e. The molecule has 94 valence electrons. The second-order valence-corrected chi connectivity index (χ2v) is 5.22. The molecule has 0 spiro atoms. The summed E-state index contributed by atoms with van der Waals surface area (Å²) in [5, 5.41) is 4.06. The molecule has 2 rings (SSSR count). The van der Waals surface area contributed by atoms with Gasteiger partial charge in [0.1, 0.15) is 6.33 Å². The average molecular weight is 280 g/mol. The minimum Gasteiger partial charge on any atom is -0.312 e. The molecule has 0 saturated heterocycles. The van der Waals surface area contributed by atoms with E-state index >= 15 is 0 Å². The van der Waals surface area contributed by atoms with Gasteiger partial charge < -0.3 is 5.32 Å². The van der Waals surface area contributed by atoms with Crippen molar-refractivity contribution in [3.63, 3.8) is 0 Å². The molecule has 0 aliphatic carbocycles. The average Bonchev–Trinajstić information content (AvgIpc) is 2.42. The van der Waals surface area contributed by atoms with E-state index in [0.29, 0.717) is 0 Å². The summed E-state index contributed by atoms with van der Waals surface area (Å²) in [7, 11) is 1.94. The zero-order chi connectivity index (χ0) is 12.8. The Labute approximate surface area is 116 Å². The first-order valence-corrected chi connectivity index (χ1v) is 6.97. The van der Waals surface area contributed by atoms with Crippen LogP contribution < -0.4 is 5.32 Å². The highest BCUT2D eigenvalue weighted by molar-refractivity contribution is 7.99. The standard InChI is InChI=1S/C13H14ClN3S/c1-15-12(10-6-16-9-17-7-10)8-18-13-5-3-2-4-11(13)14/h2-7,9,12,15H,8H2,1H3. The van der Waals surface area contributed by atoms with Gasteiger partial charge in [0, 0.05) is 34.6 Å². The Morgan fingerprint density at radius 2 is 2.00 bits per heavy atom. The van der Waals surface area contributed by atoms with Gasteiger partial charge in [-0.2, -0.15) is 0 Å². The van der Waals surface area contributed by atoms with Crippen LogP contribution in [0.1, 0.15) is 11.6 Å². The first kappa shape index (κ1) is 13.3. The molecule has 1 atom stereocenters. The molecular formula is C13H14ClN3S. The number of thioether (sulfide) groups is 1. The van der Waals surface area contributed by atoms with Crippen LogP contribution >= 0.6 is 23.4 Å². The summed E-state index contributed by atoms with van der Waals surface area (Å²) >= 11 is 7.86. The highest BCUT2D eigenvalue weighted by atomic mass is 35.5. The van der Waals surface area contributed by atoms with E-state index in [-0.39, 0.29) is 6.04 Å². The lowest BCUT2D eigenvalue weighted by atomic mass is 10.2. The Balaban J connectivity index is 2.02. The molecule has 0 fully saturated rings. The first-order chi connectivity index (χ1) is 8.81. The maximum atomic E-state index is 6.13. The number of aromatic nitrogens is 2. The van der Waals surface area contributed by atoms with Gasteiger partial charge in [-0.05, 0) is 19.2 Å². The van der Waals surface area contributed by atoms with E-state index in [9.17, 15) is 0 Å². The molecule has 0 amide bonds. The zero-order valence-electron chi connectivity index (χ0n) is 10.0. The minimum atomic E-state index is 0.215. The molecule has 1 N–H and O–H groups in total. The van der Waals surface area contributed by atoms with Crippen molar-refractivity contribution in [2.24, 2.45) is 0 Å². The van der Waals surface area contributed by atoms with Crippen LogP contribution in [0.15, 0.2) is 47.9 Å². The number of hydrogen-bond donors (Lipinski definition) is 1. The molecule has 0 saturated carbocycles. The normalized spacial score (nSPS) is 12.3. The second-order valence-electron chi connectivity index (χ2n) is 3.75. The van der Waals surface area contributed by atoms with Gasteiger partial charge in [-0.1, -0.05) is 23.7 Å². The summed E-state index contributed by atoms with van der Waals surface area (Å²) in [5.41, 5.74) is 1.08. The predicted molar refractivity (Wildman–Crippen MR) is 76.0 cm³/mol. The third kappa shape index (κ3) is 3.45. The van der Waals surface area contributed by atoms with E-state index < -0.39 is 0 Å². The number of hydrogen-bond acceptors (Lipinski definition) is 4. The molecular weight excluding hydrogens is 266 g/mol. The SMILES string of the molecule is CNC(CSc1ccccc1Cl)c1cncnc1. The fourth-order valence-corrected chi connectivity index (χ4v) is 2.96. The Morgan fingerprint density at radius 3 is 2.67 bits per heavy atom. The van der Waals surface area contributed by atoms with Crippen molar-refractivity contribution in [3.05, 3.63) is 53.6 Å². The van der Waals surface area contributed by atoms with Gasteiger partial charge in [0.05, 0.1) is 5.02 Å². The molecule has 18 heavy (non-hydrogen) atoms. The quantitative estimate of drug-likeness (QED) is 0.853. The fourth-order valence-electron chi connectivity index (χ4n) is 1.57. The van der Waals surface area contributed by atoms with Gasteiger partial charge >= 0.3 is 0 Å². The summed E-state index contributed by atoms with van der Waals surface area (Å²) in [6.07, 6.45) is 5.21. The summed E-state index contributed by atoms with van der Waals surface area (Å²) in [6.45, 7) is 0. The second kappa shape index (κ2) is 6.73. The third-order valence-electron chi connectivity index (χ3n) is 2.57. The lowest BCUT2D eigenvalue weighted by Crippen LogP contribution is -2.19. The summed E-state index contributed by atoms with van der Waals surface area (Å²) in [4.78, 5) is 9.17. The zero-order valence-corrected chi connectivity index (χ0v) is 11.6. The molecule has 5 heteroatoms. The van der Waals surface area contributed by atoms with Crippen LogP contribution in [0.4, 0.5) is 0 Å². The van der Waals surface area contributed by atoms with E-state index in [1.54, 1.807) is 11.8 Å². The van der Waals surface area contributed by atoms with Gasteiger partial charge in [0.15, 0.2) is 0 Å². The van der Waals surface area contributed by atoms with Crippen molar-refractivity contribution in [1.82, 2.24) is 15.3 Å². The summed E-state index contributed by atoms with van der Waals surface area (Å²) < 4.78 is 0. The van der Waals surface area contributed by atoms with Crippen LogP contribution in [-0.2, 0) is 0 Å². The van der Waals surface area contributed by atoms with Crippen LogP contribution in [0, 0.1) is 0 Å². The molecule has 1 unspecified atom stereocenters. The highest BCUT2D eigenvalue weighted by Gasteiger charge is 2.11. The number of nitrogens with zero attached hydrogens (tertiary/aromatic N) is 2. The Hall–Kier alpha value is -1.10. The maximum Gasteiger partial charge on any atom is 0.115 e. The van der Waals surface area contributed by atoms with E-state index in [0.717, 1.165) is 21.2 Å². The van der Waals surface area contributed by atoms with Gasteiger partial charge in [-0.3, -0.25) is 0 Å². The Bertz CT molecular complexity index is 493. The highest BCUT2D eigenvalue weighted by Crippen LogP contribution is 2.29. The molecule has 1 aromatic carbocycles. The van der Waals surface area contributed by atoms with Crippen molar-refractivity contribution in [1.29, 1.82) is 0 Å². The molecule has 1 aromatic heterocycles. The molecule has 0 aliphatic heterocycles. The van der Waals surface area contributed by atoms with E-state index in [4.69, 9.17) is 11.6 Å². The largest absolute Gasteiger partial charge is 0.312 e. The summed E-state index contributed by atoms with van der Waals surface area (Å²) in [6, 6.07) is 8.08. The summed E-state index contributed by atoms with van der Waals surface area (Å²) in [5.74, 6) is 0.883. The number of benzene rings is 1. The predicted octanol–water partition coefficient (Wildman–Crippen LogP) is 3.18. The minimum absolute atomic E-state index is 0.215. The Morgan fingerprint density at radius 1 is 1.28 bits per heavy atom. The van der Waals surface area contributed by atoms with E-state index in [1.807, 2.05) is 43.7 Å². The molecule has 0 radical (unpaired) electrons. The monoisotopic (exact) mass is 279 g/mol. The van der Waals surface area contributed by atoms with Crippen molar-refractivity contribution < 1.29 is 0 Å². The van der Waals surface area contributed by atoms with Crippen molar-refractivity contribution in [2.45, 2.75) is 10.9 Å². The van der Waals surface area contributed by atoms with E-state index in [1.165, 1.54) is 6.33 Å². The lowest BCUT2D eigenvalue weighted by Gasteiger charge is -2.15. The topological polar surface area (TPSA) is 37.8 Å². The van der Waals surface area contributed by atoms with Crippen LogP contribution in [0.25, 0.3) is 0 Å². The number of rotatable bonds is 5. The molecule has 1 heterocycles. The van der Waals surface area contributed by atoms with Gasteiger partial charge in [-0.25, -0.2) is 9.97 Å². The van der Waals surface area contributed by atoms with Crippen molar-refractivity contribution in [2.75, 3.05) is 12.8 Å². The molecule has 3 nitrogen and oxygen atoms in total. The maximum absolute atomic E-state index is 6.13. The van der Waals surface area contributed by atoms with Crippen molar-refractivity contribution in [3.8, 4) is 0 Å². The lowest BCUT2D eigenvalue weighted by molar-refractivity contribution is 0.655. The number of nitrogens with one attached hydrogen (secondary N) is 1. The molecule has 0 aliphatic rings. The van der Waals surface area contributed by atoms with E-state index in [2.05, 4.69) is 15.3 Å². The Kier molecular flexibility index (Phi) is 4.99. The molecule has 2 aromatic rings. The van der Waals surface area contributed by atoms with Crippen molar-refractivity contribution >= 4 is 23.4 Å². The first-order valence-electron chi connectivity index (χ1n) is 5.60. The van der Waals surface area contributed by atoms with Gasteiger partial charge in [0.2, 0.25) is 0 Å².